The van der Waals surface area contributed by atoms with Gasteiger partial charge in [0.05, 0.1) is 17.1 Å². The number of hydrogen-bond acceptors (Lipinski definition) is 3. The summed E-state index contributed by atoms with van der Waals surface area (Å²) in [7, 11) is 0. The highest BCUT2D eigenvalue weighted by Crippen LogP contribution is 2.42. The van der Waals surface area contributed by atoms with E-state index in [2.05, 4.69) is 11.5 Å². The van der Waals surface area contributed by atoms with E-state index in [4.69, 9.17) is 16.3 Å². The fourth-order valence-electron chi connectivity index (χ4n) is 4.86. The van der Waals surface area contributed by atoms with Gasteiger partial charge in [-0.15, -0.1) is 0 Å². The van der Waals surface area contributed by atoms with E-state index in [0.29, 0.717) is 17.3 Å². The van der Waals surface area contributed by atoms with Crippen molar-refractivity contribution in [3.05, 3.63) is 113 Å². The molecule has 0 radical (unpaired) electrons. The molecule has 0 spiro atoms. The summed E-state index contributed by atoms with van der Waals surface area (Å²) in [5.41, 5.74) is 3.76. The van der Waals surface area contributed by atoms with Gasteiger partial charge in [-0.2, -0.15) is 0 Å². The van der Waals surface area contributed by atoms with E-state index < -0.39 is 0 Å². The summed E-state index contributed by atoms with van der Waals surface area (Å²) in [6, 6.07) is 28.5. The van der Waals surface area contributed by atoms with Crippen LogP contribution in [-0.2, 0) is 9.59 Å². The molecule has 1 aromatic heterocycles. The second-order valence-corrected chi connectivity index (χ2v) is 9.72. The number of fused-ring (bicyclic) bond motifs is 3. The molecule has 7 heteroatoms. The number of para-hydroxylation sites is 2. The first-order valence-electron chi connectivity index (χ1n) is 12.9. The van der Waals surface area contributed by atoms with Crippen LogP contribution in [-0.4, -0.2) is 41.0 Å². The highest BCUT2D eigenvalue weighted by atomic mass is 35.5. The van der Waals surface area contributed by atoms with Gasteiger partial charge in [0.2, 0.25) is 5.91 Å². The number of unbranched alkanes of at least 4 members (excludes halogenated alkanes) is 1. The largest absolute Gasteiger partial charge is 0.484 e. The molecule has 0 bridgehead atoms. The van der Waals surface area contributed by atoms with Crippen molar-refractivity contribution in [2.45, 2.75) is 25.8 Å². The first kappa shape index (κ1) is 25.6. The Hall–Kier alpha value is -4.03. The summed E-state index contributed by atoms with van der Waals surface area (Å²) in [5.74, 6) is 0.181. The predicted molar refractivity (Wildman–Crippen MR) is 150 cm³/mol. The van der Waals surface area contributed by atoms with Crippen LogP contribution in [0.1, 0.15) is 37.1 Å². The Kier molecular flexibility index (Phi) is 7.80. The normalized spacial score (nSPS) is 13.9. The van der Waals surface area contributed by atoms with Crippen molar-refractivity contribution in [2.24, 2.45) is 0 Å². The van der Waals surface area contributed by atoms with Crippen LogP contribution in [0.4, 0.5) is 5.69 Å². The van der Waals surface area contributed by atoms with Crippen molar-refractivity contribution in [3.63, 3.8) is 0 Å². The number of carbonyl (C=O) groups is 2. The lowest BCUT2D eigenvalue weighted by Gasteiger charge is -2.39. The van der Waals surface area contributed by atoms with Gasteiger partial charge >= 0.3 is 0 Å². The molecular weight excluding hydrogens is 498 g/mol. The van der Waals surface area contributed by atoms with Gasteiger partial charge in [0.25, 0.3) is 5.91 Å². The first-order valence-corrected chi connectivity index (χ1v) is 13.2. The van der Waals surface area contributed by atoms with Crippen molar-refractivity contribution < 1.29 is 14.3 Å². The molecule has 1 aliphatic rings. The number of rotatable bonds is 9. The van der Waals surface area contributed by atoms with E-state index in [0.717, 1.165) is 35.5 Å². The molecule has 2 amide bonds. The summed E-state index contributed by atoms with van der Waals surface area (Å²) in [6.45, 7) is 2.35. The van der Waals surface area contributed by atoms with Crippen LogP contribution < -0.4 is 9.64 Å². The Labute approximate surface area is 228 Å². The molecule has 4 aromatic rings. The smallest absolute Gasteiger partial charge is 0.260 e. The molecule has 1 atom stereocenters. The van der Waals surface area contributed by atoms with Gasteiger partial charge < -0.3 is 14.2 Å². The minimum Gasteiger partial charge on any atom is -0.484 e. The third kappa shape index (κ3) is 5.31. The van der Waals surface area contributed by atoms with Crippen LogP contribution in [0.3, 0.4) is 0 Å². The third-order valence-electron chi connectivity index (χ3n) is 6.74. The molecule has 38 heavy (non-hydrogen) atoms. The molecular formula is C31H30ClN3O3. The summed E-state index contributed by atoms with van der Waals surface area (Å²) in [6.07, 6.45) is 3.72. The SMILES string of the molecule is CCCCN(CC(=O)N1c2ccccc2-n2cccc2C1c1ccccc1)C(=O)COc1ccc(Cl)cc1. The van der Waals surface area contributed by atoms with Crippen molar-refractivity contribution in [3.8, 4) is 11.4 Å². The van der Waals surface area contributed by atoms with Crippen LogP contribution in [0.25, 0.3) is 5.69 Å². The Morgan fingerprint density at radius 1 is 0.895 bits per heavy atom. The molecule has 3 aromatic carbocycles. The minimum absolute atomic E-state index is 0.0405. The van der Waals surface area contributed by atoms with E-state index in [-0.39, 0.29) is 31.0 Å². The molecule has 5 rings (SSSR count). The number of nitrogens with zero attached hydrogens (tertiary/aromatic N) is 3. The Bertz CT molecular complexity index is 1400. The topological polar surface area (TPSA) is 54.8 Å². The number of carbonyl (C=O) groups excluding carboxylic acids is 2. The van der Waals surface area contributed by atoms with Gasteiger partial charge in [-0.3, -0.25) is 14.5 Å². The van der Waals surface area contributed by atoms with Gasteiger partial charge in [-0.25, -0.2) is 0 Å². The second kappa shape index (κ2) is 11.6. The fraction of sp³-hybridized carbons (Fsp3) is 0.226. The highest BCUT2D eigenvalue weighted by molar-refractivity contribution is 6.30. The van der Waals surface area contributed by atoms with Gasteiger partial charge in [0, 0.05) is 17.8 Å². The van der Waals surface area contributed by atoms with Crippen molar-refractivity contribution in [1.82, 2.24) is 9.47 Å². The molecule has 0 saturated heterocycles. The van der Waals surface area contributed by atoms with E-state index in [1.807, 2.05) is 77.8 Å². The lowest BCUT2D eigenvalue weighted by Crippen LogP contribution is -2.47. The minimum atomic E-state index is -0.318. The zero-order valence-corrected chi connectivity index (χ0v) is 22.1. The van der Waals surface area contributed by atoms with Crippen LogP contribution >= 0.6 is 11.6 Å². The fourth-order valence-corrected chi connectivity index (χ4v) is 4.99. The van der Waals surface area contributed by atoms with E-state index in [1.165, 1.54) is 0 Å². The quantitative estimate of drug-likeness (QED) is 0.257. The maximum absolute atomic E-state index is 14.1. The van der Waals surface area contributed by atoms with Crippen LogP contribution in [0.2, 0.25) is 5.02 Å². The number of aromatic nitrogens is 1. The second-order valence-electron chi connectivity index (χ2n) is 9.28. The summed E-state index contributed by atoms with van der Waals surface area (Å²) >= 11 is 5.96. The van der Waals surface area contributed by atoms with Gasteiger partial charge in [0.1, 0.15) is 18.3 Å². The maximum atomic E-state index is 14.1. The molecule has 0 N–H and O–H groups in total. The summed E-state index contributed by atoms with van der Waals surface area (Å²) < 4.78 is 7.85. The Balaban J connectivity index is 1.43. The van der Waals surface area contributed by atoms with Crippen LogP contribution in [0, 0.1) is 0 Å². The molecule has 0 aliphatic carbocycles. The number of halogens is 1. The maximum Gasteiger partial charge on any atom is 0.260 e. The standard InChI is InChI=1S/C31H30ClN3O3/c1-2-3-19-33(30(37)22-38-25-17-15-24(32)16-18-25)21-29(36)35-27-13-8-7-12-26(27)34-20-9-14-28(34)31(35)23-10-5-4-6-11-23/h4-18,20,31H,2-3,19,21-22H2,1H3. The van der Waals surface area contributed by atoms with E-state index >= 15 is 0 Å². The lowest BCUT2D eigenvalue weighted by molar-refractivity contribution is -0.137. The average molecular weight is 528 g/mol. The monoisotopic (exact) mass is 527 g/mol. The van der Waals surface area contributed by atoms with Crippen LogP contribution in [0.5, 0.6) is 5.75 Å². The van der Waals surface area contributed by atoms with Gasteiger partial charge in [-0.05, 0) is 60.5 Å². The lowest BCUT2D eigenvalue weighted by atomic mass is 9.97. The molecule has 1 unspecified atom stereocenters. The first-order chi connectivity index (χ1) is 18.6. The number of anilines is 1. The van der Waals surface area contributed by atoms with Gasteiger partial charge in [-0.1, -0.05) is 67.4 Å². The number of amides is 2. The molecule has 6 nitrogen and oxygen atoms in total. The Morgan fingerprint density at radius 2 is 1.61 bits per heavy atom. The van der Waals surface area contributed by atoms with Crippen LogP contribution in [0.15, 0.2) is 97.2 Å². The molecule has 194 valence electrons. The number of hydrogen-bond donors (Lipinski definition) is 0. The van der Waals surface area contributed by atoms with Gasteiger partial charge in [0.15, 0.2) is 6.61 Å². The van der Waals surface area contributed by atoms with Crippen molar-refractivity contribution in [2.75, 3.05) is 24.6 Å². The molecule has 1 aliphatic heterocycles. The zero-order valence-electron chi connectivity index (χ0n) is 21.3. The van der Waals surface area contributed by atoms with E-state index in [1.54, 1.807) is 29.2 Å². The predicted octanol–water partition coefficient (Wildman–Crippen LogP) is 6.27. The highest BCUT2D eigenvalue weighted by Gasteiger charge is 2.36. The average Bonchev–Trinajstić information content (AvgIpc) is 3.44. The summed E-state index contributed by atoms with van der Waals surface area (Å²) in [5, 5.41) is 0.597. The van der Waals surface area contributed by atoms with E-state index in [9.17, 15) is 9.59 Å². The van der Waals surface area contributed by atoms with Crippen molar-refractivity contribution in [1.29, 1.82) is 0 Å². The number of ether oxygens (including phenoxy) is 1. The molecule has 0 fully saturated rings. The number of benzene rings is 3. The molecule has 2 heterocycles. The Morgan fingerprint density at radius 3 is 2.34 bits per heavy atom. The zero-order chi connectivity index (χ0) is 26.5. The third-order valence-corrected chi connectivity index (χ3v) is 6.99. The summed E-state index contributed by atoms with van der Waals surface area (Å²) in [4.78, 5) is 30.8. The molecule has 0 saturated carbocycles. The van der Waals surface area contributed by atoms with Crippen molar-refractivity contribution >= 4 is 29.1 Å².